The van der Waals surface area contributed by atoms with Crippen molar-refractivity contribution in [3.05, 3.63) is 170 Å². The molecule has 0 aliphatic rings. The average Bonchev–Trinajstić information content (AvgIpc) is 3.85. The predicted octanol–water partition coefficient (Wildman–Crippen LogP) is 12.4. The van der Waals surface area contributed by atoms with Crippen molar-refractivity contribution < 1.29 is 0 Å². The summed E-state index contributed by atoms with van der Waals surface area (Å²) in [7, 11) is 0. The standard InChI is InChI=1S/C46H28N4S/c1-3-12-30(13-4-1)49-40-20-10-8-17-35(40)44-34(18-11-21-41(44)49)38-25-24-36-45-43(51-46(36)48-38)27-26-37(47-45)29-22-23-33-32-16-7-9-19-39(32)50(42(33)28-29)31-14-5-2-6-15-31/h1-28H. The summed E-state index contributed by atoms with van der Waals surface area (Å²) in [6.07, 6.45) is 0. The maximum Gasteiger partial charge on any atom is 0.126 e. The van der Waals surface area contributed by atoms with Crippen LogP contribution in [0.2, 0.25) is 0 Å². The van der Waals surface area contributed by atoms with Gasteiger partial charge in [-0.3, -0.25) is 0 Å². The van der Waals surface area contributed by atoms with Gasteiger partial charge in [0, 0.05) is 49.4 Å². The number of para-hydroxylation sites is 4. The van der Waals surface area contributed by atoms with Crippen molar-refractivity contribution >= 4 is 75.4 Å². The number of fused-ring (bicyclic) bond motifs is 9. The molecule has 51 heavy (non-hydrogen) atoms. The van der Waals surface area contributed by atoms with Gasteiger partial charge in [-0.2, -0.15) is 0 Å². The van der Waals surface area contributed by atoms with Crippen LogP contribution in [-0.2, 0) is 0 Å². The monoisotopic (exact) mass is 668 g/mol. The molecule has 4 nitrogen and oxygen atoms in total. The number of hydrogen-bond donors (Lipinski definition) is 0. The number of hydrogen-bond acceptors (Lipinski definition) is 3. The van der Waals surface area contributed by atoms with Gasteiger partial charge in [0.2, 0.25) is 0 Å². The molecular formula is C46H28N4S. The van der Waals surface area contributed by atoms with Gasteiger partial charge in [0.15, 0.2) is 0 Å². The van der Waals surface area contributed by atoms with Gasteiger partial charge in [-0.05, 0) is 72.8 Å². The van der Waals surface area contributed by atoms with Gasteiger partial charge in [-0.25, -0.2) is 9.97 Å². The van der Waals surface area contributed by atoms with Crippen LogP contribution in [0.3, 0.4) is 0 Å². The lowest BCUT2D eigenvalue weighted by molar-refractivity contribution is 1.18. The largest absolute Gasteiger partial charge is 0.309 e. The van der Waals surface area contributed by atoms with Crippen LogP contribution >= 0.6 is 11.3 Å². The second kappa shape index (κ2) is 11.0. The molecule has 5 heteroatoms. The number of thiophene rings is 1. The molecule has 0 fully saturated rings. The molecule has 6 aromatic carbocycles. The Balaban J connectivity index is 1.06. The van der Waals surface area contributed by atoms with Gasteiger partial charge in [0.1, 0.15) is 4.83 Å². The molecule has 0 saturated heterocycles. The zero-order valence-corrected chi connectivity index (χ0v) is 28.2. The predicted molar refractivity (Wildman–Crippen MR) is 214 cm³/mol. The highest BCUT2D eigenvalue weighted by Gasteiger charge is 2.18. The molecule has 0 amide bonds. The van der Waals surface area contributed by atoms with E-state index in [2.05, 4.69) is 179 Å². The minimum atomic E-state index is 0.955. The Morgan fingerprint density at radius 2 is 1.02 bits per heavy atom. The van der Waals surface area contributed by atoms with Crippen molar-refractivity contribution in [3.63, 3.8) is 0 Å². The highest BCUT2D eigenvalue weighted by atomic mass is 32.1. The maximum absolute atomic E-state index is 5.30. The van der Waals surface area contributed by atoms with Gasteiger partial charge in [-0.1, -0.05) is 97.1 Å². The van der Waals surface area contributed by atoms with Gasteiger partial charge >= 0.3 is 0 Å². The molecule has 0 N–H and O–H groups in total. The van der Waals surface area contributed by atoms with Crippen LogP contribution in [0.4, 0.5) is 0 Å². The third-order valence-electron chi connectivity index (χ3n) is 10.2. The van der Waals surface area contributed by atoms with Crippen LogP contribution in [-0.4, -0.2) is 19.1 Å². The first kappa shape index (κ1) is 28.3. The summed E-state index contributed by atoms with van der Waals surface area (Å²) in [6.45, 7) is 0. The van der Waals surface area contributed by atoms with Crippen LogP contribution in [0.25, 0.3) is 97.9 Å². The zero-order chi connectivity index (χ0) is 33.5. The smallest absolute Gasteiger partial charge is 0.126 e. The van der Waals surface area contributed by atoms with Gasteiger partial charge in [0.25, 0.3) is 0 Å². The van der Waals surface area contributed by atoms with Crippen molar-refractivity contribution in [2.75, 3.05) is 0 Å². The van der Waals surface area contributed by atoms with Crippen molar-refractivity contribution in [1.29, 1.82) is 0 Å². The van der Waals surface area contributed by atoms with Crippen LogP contribution in [0.5, 0.6) is 0 Å². The number of aromatic nitrogens is 4. The Hall–Kier alpha value is -6.56. The molecule has 11 aromatic rings. The molecule has 0 saturated carbocycles. The van der Waals surface area contributed by atoms with E-state index in [1.807, 2.05) is 0 Å². The minimum Gasteiger partial charge on any atom is -0.309 e. The van der Waals surface area contributed by atoms with E-state index >= 15 is 0 Å². The van der Waals surface area contributed by atoms with Crippen LogP contribution < -0.4 is 0 Å². The molecule has 0 unspecified atom stereocenters. The van der Waals surface area contributed by atoms with Crippen LogP contribution in [0.15, 0.2) is 170 Å². The highest BCUT2D eigenvalue weighted by Crippen LogP contribution is 2.41. The van der Waals surface area contributed by atoms with E-state index < -0.39 is 0 Å². The maximum atomic E-state index is 5.30. The van der Waals surface area contributed by atoms with E-state index in [0.29, 0.717) is 0 Å². The van der Waals surface area contributed by atoms with E-state index in [1.54, 1.807) is 11.3 Å². The van der Waals surface area contributed by atoms with Gasteiger partial charge in [-0.15, -0.1) is 11.3 Å². The van der Waals surface area contributed by atoms with E-state index in [-0.39, 0.29) is 0 Å². The molecular weight excluding hydrogens is 641 g/mol. The topological polar surface area (TPSA) is 35.6 Å². The van der Waals surface area contributed by atoms with Crippen molar-refractivity contribution in [3.8, 4) is 33.9 Å². The highest BCUT2D eigenvalue weighted by molar-refractivity contribution is 7.25. The van der Waals surface area contributed by atoms with Crippen LogP contribution in [0, 0.1) is 0 Å². The van der Waals surface area contributed by atoms with E-state index in [9.17, 15) is 0 Å². The third kappa shape index (κ3) is 4.25. The molecule has 0 radical (unpaired) electrons. The summed E-state index contributed by atoms with van der Waals surface area (Å²) < 4.78 is 5.85. The summed E-state index contributed by atoms with van der Waals surface area (Å²) in [5.41, 5.74) is 12.2. The Labute approximate surface area is 297 Å². The molecule has 5 aromatic heterocycles. The molecule has 0 atom stereocenters. The quantitative estimate of drug-likeness (QED) is 0.187. The Morgan fingerprint density at radius 3 is 1.80 bits per heavy atom. The van der Waals surface area contributed by atoms with Crippen LogP contribution in [0.1, 0.15) is 0 Å². The Bertz CT molecular complexity index is 3130. The van der Waals surface area contributed by atoms with E-state index in [1.165, 1.54) is 43.6 Å². The zero-order valence-electron chi connectivity index (χ0n) is 27.4. The number of nitrogens with zero attached hydrogens (tertiary/aromatic N) is 4. The minimum absolute atomic E-state index is 0.955. The molecule has 0 spiro atoms. The molecule has 238 valence electrons. The normalized spacial score (nSPS) is 11.9. The lowest BCUT2D eigenvalue weighted by Gasteiger charge is -2.09. The van der Waals surface area contributed by atoms with E-state index in [0.717, 1.165) is 54.3 Å². The molecule has 11 rings (SSSR count). The van der Waals surface area contributed by atoms with E-state index in [4.69, 9.17) is 9.97 Å². The second-order valence-corrected chi connectivity index (χ2v) is 14.0. The summed E-state index contributed by atoms with van der Waals surface area (Å²) in [6, 6.07) is 60.5. The van der Waals surface area contributed by atoms with Crippen molar-refractivity contribution in [2.45, 2.75) is 0 Å². The summed E-state index contributed by atoms with van der Waals surface area (Å²) in [5, 5.41) is 6.00. The van der Waals surface area contributed by atoms with Crippen molar-refractivity contribution in [2.24, 2.45) is 0 Å². The molecule has 0 aliphatic carbocycles. The lowest BCUT2D eigenvalue weighted by atomic mass is 10.0. The fraction of sp³-hybridized carbons (Fsp3) is 0. The summed E-state index contributed by atoms with van der Waals surface area (Å²) in [5.74, 6) is 0. The Kier molecular flexibility index (Phi) is 6.09. The number of benzene rings is 6. The SMILES string of the molecule is c1ccc(-n2c3ccccc3c3ccc(-c4ccc5sc6nc(-c7cccc8c7c7ccccc7n8-c7ccccc7)ccc6c5n4)cc32)cc1. The average molecular weight is 669 g/mol. The Morgan fingerprint density at radius 1 is 0.412 bits per heavy atom. The first-order valence-corrected chi connectivity index (χ1v) is 18.0. The fourth-order valence-electron chi connectivity index (χ4n) is 7.91. The number of rotatable bonds is 4. The number of pyridine rings is 2. The van der Waals surface area contributed by atoms with Crippen molar-refractivity contribution in [1.82, 2.24) is 19.1 Å². The first-order valence-electron chi connectivity index (χ1n) is 17.2. The lowest BCUT2D eigenvalue weighted by Crippen LogP contribution is -1.93. The van der Waals surface area contributed by atoms with Gasteiger partial charge in [0.05, 0.1) is 43.7 Å². The first-order chi connectivity index (χ1) is 25.3. The summed E-state index contributed by atoms with van der Waals surface area (Å²) in [4.78, 5) is 11.6. The fourth-order valence-corrected chi connectivity index (χ4v) is 8.92. The molecule has 0 aliphatic heterocycles. The second-order valence-electron chi connectivity index (χ2n) is 13.0. The third-order valence-corrected chi connectivity index (χ3v) is 11.2. The molecule has 0 bridgehead atoms. The summed E-state index contributed by atoms with van der Waals surface area (Å²) >= 11 is 1.71. The van der Waals surface area contributed by atoms with Gasteiger partial charge < -0.3 is 9.13 Å². The molecule has 5 heterocycles.